The predicted octanol–water partition coefficient (Wildman–Crippen LogP) is 4.95. The van der Waals surface area contributed by atoms with Crippen molar-refractivity contribution in [2.45, 2.75) is 19.3 Å². The van der Waals surface area contributed by atoms with E-state index in [1.54, 1.807) is 7.05 Å². The van der Waals surface area contributed by atoms with Crippen molar-refractivity contribution in [2.24, 2.45) is 0 Å². The van der Waals surface area contributed by atoms with E-state index in [0.29, 0.717) is 11.4 Å². The van der Waals surface area contributed by atoms with E-state index in [4.69, 9.17) is 16.4 Å². The number of halogens is 2. The number of hydroxylamine groups is 2. The van der Waals surface area contributed by atoms with Gasteiger partial charge in [0.25, 0.3) is 0 Å². The van der Waals surface area contributed by atoms with Crippen LogP contribution in [0.2, 0.25) is 5.02 Å². The quantitative estimate of drug-likeness (QED) is 0.669. The van der Waals surface area contributed by atoms with Gasteiger partial charge in [0.05, 0.1) is 7.11 Å². The van der Waals surface area contributed by atoms with Crippen molar-refractivity contribution in [3.05, 3.63) is 68.7 Å². The second-order valence-corrected chi connectivity index (χ2v) is 6.74. The molecule has 0 saturated carbocycles. The Hall–Kier alpha value is -1.36. The van der Waals surface area contributed by atoms with Gasteiger partial charge < -0.3 is 0 Å². The lowest BCUT2D eigenvalue weighted by molar-refractivity contribution is -0.168. The highest BCUT2D eigenvalue weighted by Crippen LogP contribution is 2.32. The van der Waals surface area contributed by atoms with Crippen molar-refractivity contribution >= 4 is 33.4 Å². The van der Waals surface area contributed by atoms with Crippen LogP contribution in [0.25, 0.3) is 0 Å². The van der Waals surface area contributed by atoms with Gasteiger partial charge in [0.1, 0.15) is 0 Å². The molecular weight excluding hydrogens is 378 g/mol. The highest BCUT2D eigenvalue weighted by atomic mass is 79.9. The molecule has 1 atom stereocenters. The lowest BCUT2D eigenvalue weighted by Crippen LogP contribution is -2.27. The number of benzene rings is 2. The fraction of sp³-hybridized carbons (Fsp3) is 0.278. The average molecular weight is 397 g/mol. The third kappa shape index (κ3) is 4.56. The van der Waals surface area contributed by atoms with Crippen LogP contribution >= 0.6 is 27.5 Å². The molecule has 1 amide bonds. The van der Waals surface area contributed by atoms with Crippen molar-refractivity contribution in [1.29, 1.82) is 0 Å². The molecule has 2 aromatic rings. The predicted molar refractivity (Wildman–Crippen MR) is 96.6 cm³/mol. The van der Waals surface area contributed by atoms with Crippen molar-refractivity contribution in [3.8, 4) is 0 Å². The summed E-state index contributed by atoms with van der Waals surface area (Å²) in [5.41, 5.74) is 3.24. The maximum atomic E-state index is 12.3. The zero-order valence-electron chi connectivity index (χ0n) is 13.3. The average Bonchev–Trinajstić information content (AvgIpc) is 2.53. The molecule has 0 aromatic heterocycles. The van der Waals surface area contributed by atoms with Gasteiger partial charge in [-0.05, 0) is 47.9 Å². The molecule has 0 fully saturated rings. The third-order valence-corrected chi connectivity index (χ3v) is 4.65. The first-order chi connectivity index (χ1) is 10.9. The second kappa shape index (κ2) is 7.95. The molecule has 0 spiro atoms. The first kappa shape index (κ1) is 18.0. The molecule has 5 heteroatoms. The van der Waals surface area contributed by atoms with Crippen LogP contribution in [-0.2, 0) is 9.63 Å². The van der Waals surface area contributed by atoms with Gasteiger partial charge in [0.15, 0.2) is 0 Å². The lowest BCUT2D eigenvalue weighted by atomic mass is 9.86. The van der Waals surface area contributed by atoms with E-state index >= 15 is 0 Å². The standard InChI is InChI=1S/C18H19BrClNO2/c1-12-10-15(20)8-9-16(12)17(11-18(22)21(2)23-3)13-4-6-14(19)7-5-13/h4-10,17H,11H2,1-3H3/t17-/m1/s1. The molecule has 0 aliphatic rings. The first-order valence-electron chi connectivity index (χ1n) is 7.24. The zero-order chi connectivity index (χ0) is 17.0. The van der Waals surface area contributed by atoms with E-state index in [1.165, 1.54) is 12.2 Å². The summed E-state index contributed by atoms with van der Waals surface area (Å²) in [5, 5.41) is 1.96. The molecule has 122 valence electrons. The summed E-state index contributed by atoms with van der Waals surface area (Å²) < 4.78 is 1.01. The maximum absolute atomic E-state index is 12.3. The normalized spacial score (nSPS) is 12.0. The lowest BCUT2D eigenvalue weighted by Gasteiger charge is -2.22. The van der Waals surface area contributed by atoms with Gasteiger partial charge in [-0.3, -0.25) is 9.63 Å². The minimum atomic E-state index is -0.0743. The van der Waals surface area contributed by atoms with Crippen molar-refractivity contribution in [3.63, 3.8) is 0 Å². The molecule has 2 aromatic carbocycles. The monoisotopic (exact) mass is 395 g/mol. The Morgan fingerprint density at radius 2 is 1.91 bits per heavy atom. The summed E-state index contributed by atoms with van der Waals surface area (Å²) in [6, 6.07) is 13.8. The van der Waals surface area contributed by atoms with Gasteiger partial charge in [0, 0.05) is 28.9 Å². The van der Waals surface area contributed by atoms with Crippen molar-refractivity contribution < 1.29 is 9.63 Å². The summed E-state index contributed by atoms with van der Waals surface area (Å²) in [6.45, 7) is 2.01. The Morgan fingerprint density at radius 3 is 2.48 bits per heavy atom. The van der Waals surface area contributed by atoms with Gasteiger partial charge in [-0.1, -0.05) is 45.7 Å². The molecule has 0 bridgehead atoms. The number of carbonyl (C=O) groups excluding carboxylic acids is 1. The SMILES string of the molecule is CON(C)C(=O)C[C@H](c1ccc(Br)cc1)c1ccc(Cl)cc1C. The largest absolute Gasteiger partial charge is 0.275 e. The fourth-order valence-electron chi connectivity index (χ4n) is 2.54. The molecule has 2 rings (SSSR count). The van der Waals surface area contributed by atoms with E-state index in [9.17, 15) is 4.79 Å². The Labute approximate surface area is 150 Å². The minimum Gasteiger partial charge on any atom is -0.275 e. The number of amides is 1. The van der Waals surface area contributed by atoms with Crippen LogP contribution in [-0.4, -0.2) is 25.1 Å². The second-order valence-electron chi connectivity index (χ2n) is 5.38. The van der Waals surface area contributed by atoms with Crippen LogP contribution in [0.4, 0.5) is 0 Å². The summed E-state index contributed by atoms with van der Waals surface area (Å²) in [7, 11) is 3.11. The zero-order valence-corrected chi connectivity index (χ0v) is 15.7. The summed E-state index contributed by atoms with van der Waals surface area (Å²) in [5.74, 6) is -0.125. The van der Waals surface area contributed by atoms with Crippen LogP contribution in [0.1, 0.15) is 29.0 Å². The third-order valence-electron chi connectivity index (χ3n) is 3.88. The van der Waals surface area contributed by atoms with E-state index in [0.717, 1.165) is 21.2 Å². The number of rotatable bonds is 5. The molecule has 0 radical (unpaired) electrons. The number of nitrogens with zero attached hydrogens (tertiary/aromatic N) is 1. The molecule has 23 heavy (non-hydrogen) atoms. The molecule has 0 aliphatic carbocycles. The van der Waals surface area contributed by atoms with Crippen molar-refractivity contribution in [2.75, 3.05) is 14.2 Å². The molecule has 0 heterocycles. The van der Waals surface area contributed by atoms with Gasteiger partial charge in [-0.25, -0.2) is 5.06 Å². The molecule has 0 aliphatic heterocycles. The summed E-state index contributed by atoms with van der Waals surface area (Å²) >= 11 is 9.51. The fourth-order valence-corrected chi connectivity index (χ4v) is 3.03. The van der Waals surface area contributed by atoms with Crippen LogP contribution in [0, 0.1) is 6.92 Å². The Balaban J connectivity index is 2.42. The first-order valence-corrected chi connectivity index (χ1v) is 8.41. The number of hydrogen-bond acceptors (Lipinski definition) is 2. The summed E-state index contributed by atoms with van der Waals surface area (Å²) in [6.07, 6.45) is 0.328. The minimum absolute atomic E-state index is 0.0505. The van der Waals surface area contributed by atoms with E-state index < -0.39 is 0 Å². The van der Waals surface area contributed by atoms with Gasteiger partial charge in [-0.15, -0.1) is 0 Å². The van der Waals surface area contributed by atoms with Crippen LogP contribution in [0.3, 0.4) is 0 Å². The highest BCUT2D eigenvalue weighted by molar-refractivity contribution is 9.10. The van der Waals surface area contributed by atoms with Gasteiger partial charge in [0.2, 0.25) is 5.91 Å². The van der Waals surface area contributed by atoms with Crippen LogP contribution in [0.5, 0.6) is 0 Å². The Morgan fingerprint density at radius 1 is 1.26 bits per heavy atom. The van der Waals surface area contributed by atoms with Crippen LogP contribution in [0.15, 0.2) is 46.9 Å². The molecular formula is C18H19BrClNO2. The van der Waals surface area contributed by atoms with Crippen molar-refractivity contribution in [1.82, 2.24) is 5.06 Å². The Kier molecular flexibility index (Phi) is 6.22. The van der Waals surface area contributed by atoms with Gasteiger partial charge in [-0.2, -0.15) is 0 Å². The van der Waals surface area contributed by atoms with Crippen LogP contribution < -0.4 is 0 Å². The number of carbonyl (C=O) groups is 1. The summed E-state index contributed by atoms with van der Waals surface area (Å²) in [4.78, 5) is 17.4. The van der Waals surface area contributed by atoms with E-state index in [-0.39, 0.29) is 11.8 Å². The molecule has 0 saturated heterocycles. The van der Waals surface area contributed by atoms with Gasteiger partial charge >= 0.3 is 0 Å². The maximum Gasteiger partial charge on any atom is 0.246 e. The topological polar surface area (TPSA) is 29.5 Å². The van der Waals surface area contributed by atoms with E-state index in [1.807, 2.05) is 49.4 Å². The highest BCUT2D eigenvalue weighted by Gasteiger charge is 2.22. The Bertz CT molecular complexity index is 688. The molecule has 3 nitrogen and oxygen atoms in total. The van der Waals surface area contributed by atoms with E-state index in [2.05, 4.69) is 15.9 Å². The number of aryl methyl sites for hydroxylation is 1. The molecule has 0 N–H and O–H groups in total. The number of hydrogen-bond donors (Lipinski definition) is 0. The smallest absolute Gasteiger partial charge is 0.246 e. The molecule has 0 unspecified atom stereocenters.